The Hall–Kier alpha value is -2.21. The lowest BCUT2D eigenvalue weighted by Gasteiger charge is -2.12. The van der Waals surface area contributed by atoms with Crippen molar-refractivity contribution in [3.63, 3.8) is 0 Å². The molecule has 122 valence electrons. The van der Waals surface area contributed by atoms with Crippen molar-refractivity contribution in [2.75, 3.05) is 17.2 Å². The zero-order chi connectivity index (χ0) is 17.0. The fourth-order valence-corrected chi connectivity index (χ4v) is 2.19. The van der Waals surface area contributed by atoms with Crippen molar-refractivity contribution in [1.82, 2.24) is 0 Å². The Balaban J connectivity index is 1.99. The summed E-state index contributed by atoms with van der Waals surface area (Å²) in [5.74, 6) is -0.362. The molecule has 0 saturated heterocycles. The summed E-state index contributed by atoms with van der Waals surface area (Å²) in [7, 11) is 0. The lowest BCUT2D eigenvalue weighted by atomic mass is 10.2. The van der Waals surface area contributed by atoms with Gasteiger partial charge in [-0.25, -0.2) is 0 Å². The molecule has 0 radical (unpaired) electrons. The number of halogens is 4. The van der Waals surface area contributed by atoms with Crippen molar-refractivity contribution in [2.45, 2.75) is 13.1 Å². The topological polar surface area (TPSA) is 41.1 Å². The Morgan fingerprint density at radius 3 is 2.52 bits per heavy atom. The minimum atomic E-state index is -4.54. The molecule has 0 unspecified atom stereocenters. The quantitative estimate of drug-likeness (QED) is 0.844. The van der Waals surface area contributed by atoms with Crippen molar-refractivity contribution in [3.8, 4) is 0 Å². The third kappa shape index (κ3) is 4.89. The Bertz CT molecular complexity index is 717. The molecule has 7 heteroatoms. The van der Waals surface area contributed by atoms with Crippen LogP contribution in [0.15, 0.2) is 42.5 Å². The summed E-state index contributed by atoms with van der Waals surface area (Å²) in [4.78, 5) is 11.8. The molecule has 0 aliphatic carbocycles. The van der Waals surface area contributed by atoms with Crippen molar-refractivity contribution in [2.24, 2.45) is 0 Å². The van der Waals surface area contributed by atoms with Gasteiger partial charge < -0.3 is 10.6 Å². The molecule has 3 nitrogen and oxygen atoms in total. The number of rotatable bonds is 4. The number of nitrogens with one attached hydrogen (secondary N) is 2. The predicted molar refractivity (Wildman–Crippen MR) is 84.8 cm³/mol. The summed E-state index contributed by atoms with van der Waals surface area (Å²) in [5, 5.41) is 4.93. The molecule has 2 aromatic rings. The number of benzene rings is 2. The van der Waals surface area contributed by atoms with E-state index in [0.29, 0.717) is 5.69 Å². The fraction of sp³-hybridized carbons (Fsp3) is 0.188. The van der Waals surface area contributed by atoms with Crippen LogP contribution in [-0.4, -0.2) is 12.5 Å². The lowest BCUT2D eigenvalue weighted by Crippen LogP contribution is -2.22. The zero-order valence-corrected chi connectivity index (χ0v) is 12.9. The van der Waals surface area contributed by atoms with Crippen LogP contribution in [0.1, 0.15) is 11.1 Å². The monoisotopic (exact) mass is 342 g/mol. The first-order chi connectivity index (χ1) is 10.8. The molecule has 2 aromatic carbocycles. The molecule has 0 bridgehead atoms. The van der Waals surface area contributed by atoms with Gasteiger partial charge in [-0.3, -0.25) is 4.79 Å². The smallest absolute Gasteiger partial charge is 0.376 e. The third-order valence-corrected chi connectivity index (χ3v) is 3.36. The lowest BCUT2D eigenvalue weighted by molar-refractivity contribution is -0.137. The highest BCUT2D eigenvalue weighted by Gasteiger charge is 2.33. The Labute approximate surface area is 136 Å². The maximum atomic E-state index is 12.8. The normalized spacial score (nSPS) is 11.2. The van der Waals surface area contributed by atoms with Crippen LogP contribution in [-0.2, 0) is 11.0 Å². The Kier molecular flexibility index (Phi) is 5.15. The molecular formula is C16H14ClF3N2O. The number of carbonyl (C=O) groups excluding carboxylic acids is 1. The minimum absolute atomic E-state index is 0.160. The van der Waals surface area contributed by atoms with Crippen molar-refractivity contribution in [3.05, 3.63) is 58.6 Å². The predicted octanol–water partition coefficient (Wildman–Crippen LogP) is 4.72. The maximum Gasteiger partial charge on any atom is 0.417 e. The Morgan fingerprint density at radius 2 is 1.87 bits per heavy atom. The zero-order valence-electron chi connectivity index (χ0n) is 12.2. The highest BCUT2D eigenvalue weighted by molar-refractivity contribution is 6.31. The molecular weight excluding hydrogens is 329 g/mol. The molecule has 2 N–H and O–H groups in total. The summed E-state index contributed by atoms with van der Waals surface area (Å²) in [6, 6.07) is 10.6. The molecule has 0 spiro atoms. The first kappa shape index (κ1) is 17.1. The van der Waals surface area contributed by atoms with Gasteiger partial charge >= 0.3 is 6.18 Å². The van der Waals surface area contributed by atoms with Gasteiger partial charge in [0.2, 0.25) is 5.91 Å². The molecule has 23 heavy (non-hydrogen) atoms. The highest BCUT2D eigenvalue weighted by Crippen LogP contribution is 2.36. The molecule has 0 heterocycles. The first-order valence-electron chi connectivity index (χ1n) is 6.73. The molecule has 1 amide bonds. The first-order valence-corrected chi connectivity index (χ1v) is 7.10. The second kappa shape index (κ2) is 6.91. The number of anilines is 2. The van der Waals surface area contributed by atoms with E-state index in [1.807, 2.05) is 13.0 Å². The number of hydrogen-bond donors (Lipinski definition) is 2. The van der Waals surface area contributed by atoms with Crippen LogP contribution in [0, 0.1) is 6.92 Å². The van der Waals surface area contributed by atoms with E-state index in [2.05, 4.69) is 10.6 Å². The van der Waals surface area contributed by atoms with Crippen LogP contribution in [0.4, 0.5) is 24.5 Å². The summed E-state index contributed by atoms with van der Waals surface area (Å²) >= 11 is 5.54. The van der Waals surface area contributed by atoms with E-state index in [9.17, 15) is 18.0 Å². The fourth-order valence-electron chi connectivity index (χ4n) is 1.96. The average molecular weight is 343 g/mol. The summed E-state index contributed by atoms with van der Waals surface area (Å²) < 4.78 is 38.3. The van der Waals surface area contributed by atoms with Crippen LogP contribution in [0.3, 0.4) is 0 Å². The van der Waals surface area contributed by atoms with Crippen LogP contribution < -0.4 is 10.6 Å². The van der Waals surface area contributed by atoms with Crippen LogP contribution in [0.2, 0.25) is 5.02 Å². The van der Waals surface area contributed by atoms with E-state index >= 15 is 0 Å². The maximum absolute atomic E-state index is 12.8. The van der Waals surface area contributed by atoms with Gasteiger partial charge in [0.05, 0.1) is 17.1 Å². The molecule has 0 atom stereocenters. The van der Waals surface area contributed by atoms with Crippen molar-refractivity contribution in [1.29, 1.82) is 0 Å². The largest absolute Gasteiger partial charge is 0.417 e. The second-order valence-electron chi connectivity index (χ2n) is 4.96. The molecule has 0 fully saturated rings. The summed E-state index contributed by atoms with van der Waals surface area (Å²) in [5.41, 5.74) is 0.844. The van der Waals surface area contributed by atoms with Gasteiger partial charge in [0.15, 0.2) is 0 Å². The summed E-state index contributed by atoms with van der Waals surface area (Å²) in [6.07, 6.45) is -4.54. The molecule has 0 aromatic heterocycles. The van der Waals surface area contributed by atoms with Gasteiger partial charge in [0.1, 0.15) is 0 Å². The van der Waals surface area contributed by atoms with E-state index in [-0.39, 0.29) is 23.2 Å². The van der Waals surface area contributed by atoms with Gasteiger partial charge in [-0.05, 0) is 42.8 Å². The van der Waals surface area contributed by atoms with E-state index in [0.717, 1.165) is 17.7 Å². The third-order valence-electron chi connectivity index (χ3n) is 3.03. The van der Waals surface area contributed by atoms with Gasteiger partial charge in [0.25, 0.3) is 0 Å². The van der Waals surface area contributed by atoms with Gasteiger partial charge in [-0.1, -0.05) is 23.7 Å². The molecule has 2 rings (SSSR count). The second-order valence-corrected chi connectivity index (χ2v) is 5.37. The van der Waals surface area contributed by atoms with Gasteiger partial charge in [0, 0.05) is 11.4 Å². The average Bonchev–Trinajstić information content (AvgIpc) is 2.45. The standard InChI is InChI=1S/C16H14ClF3N2O/c1-10-3-2-4-12(7-10)22-15(23)9-21-11-5-6-14(17)13(8-11)16(18,19)20/h2-8,21H,9H2,1H3,(H,22,23). The minimum Gasteiger partial charge on any atom is -0.376 e. The Morgan fingerprint density at radius 1 is 1.13 bits per heavy atom. The van der Waals surface area contributed by atoms with Crippen molar-refractivity contribution < 1.29 is 18.0 Å². The van der Waals surface area contributed by atoms with Gasteiger partial charge in [-0.2, -0.15) is 13.2 Å². The van der Waals surface area contributed by atoms with Gasteiger partial charge in [-0.15, -0.1) is 0 Å². The number of alkyl halides is 3. The molecule has 0 aliphatic rings. The van der Waals surface area contributed by atoms with Crippen molar-refractivity contribution >= 4 is 28.9 Å². The number of hydrogen-bond acceptors (Lipinski definition) is 2. The van der Waals surface area contributed by atoms with E-state index in [1.165, 1.54) is 6.07 Å². The van der Waals surface area contributed by atoms with E-state index in [4.69, 9.17) is 11.6 Å². The van der Waals surface area contributed by atoms with Crippen LogP contribution in [0.25, 0.3) is 0 Å². The summed E-state index contributed by atoms with van der Waals surface area (Å²) in [6.45, 7) is 1.73. The highest BCUT2D eigenvalue weighted by atomic mass is 35.5. The molecule has 0 aliphatic heterocycles. The van der Waals surface area contributed by atoms with E-state index in [1.54, 1.807) is 18.2 Å². The molecule has 0 saturated carbocycles. The number of aryl methyl sites for hydroxylation is 1. The number of amides is 1. The number of carbonyl (C=O) groups is 1. The van der Waals surface area contributed by atoms with Crippen LogP contribution in [0.5, 0.6) is 0 Å². The van der Waals surface area contributed by atoms with E-state index < -0.39 is 11.7 Å². The van der Waals surface area contributed by atoms with Crippen LogP contribution >= 0.6 is 11.6 Å². The SMILES string of the molecule is Cc1cccc(NC(=O)CNc2ccc(Cl)c(C(F)(F)F)c2)c1.